The van der Waals surface area contributed by atoms with E-state index < -0.39 is 11.9 Å². The zero-order valence-corrected chi connectivity index (χ0v) is 9.58. The molecule has 0 heterocycles. The SMILES string of the molecule is CCCC(=O)[O-].CCCC(=O)[O-].[Se+2]. The number of carbonyl (C=O) groups excluding carboxylic acids is 2. The standard InChI is InChI=1S/2C4H8O2.Se/c2*1-2-3-4(5)6;/h2*2-3H2,1H3,(H,5,6);/q;;+2/p-2. The number of aliphatic carboxylic acids is 2. The Balaban J connectivity index is -0.000000143. The van der Waals surface area contributed by atoms with Crippen molar-refractivity contribution in [3.8, 4) is 0 Å². The maximum atomic E-state index is 9.49. The topological polar surface area (TPSA) is 80.3 Å². The molecule has 76 valence electrons. The number of rotatable bonds is 4. The fourth-order valence-corrected chi connectivity index (χ4v) is 0.408. The molecule has 0 aromatic rings. The number of hydrogen-bond donors (Lipinski definition) is 0. The molecule has 0 aliphatic rings. The van der Waals surface area contributed by atoms with Crippen molar-refractivity contribution in [2.75, 3.05) is 0 Å². The predicted octanol–water partition coefficient (Wildman–Crippen LogP) is -1.31. The van der Waals surface area contributed by atoms with E-state index >= 15 is 0 Å². The van der Waals surface area contributed by atoms with Crippen molar-refractivity contribution in [1.29, 1.82) is 0 Å². The molecule has 13 heavy (non-hydrogen) atoms. The van der Waals surface area contributed by atoms with Crippen LogP contribution in [0.3, 0.4) is 0 Å². The van der Waals surface area contributed by atoms with Crippen LogP contribution in [0.25, 0.3) is 0 Å². The molecule has 0 aromatic carbocycles. The van der Waals surface area contributed by atoms with E-state index in [1.807, 2.05) is 0 Å². The summed E-state index contributed by atoms with van der Waals surface area (Å²) in [6, 6.07) is 0. The molecule has 0 spiro atoms. The van der Waals surface area contributed by atoms with Crippen LogP contribution in [0, 0.1) is 0 Å². The summed E-state index contributed by atoms with van der Waals surface area (Å²) in [4.78, 5) is 19.0. The maximum Gasteiger partial charge on any atom is 2.00 e. The Hall–Kier alpha value is -0.541. The Morgan fingerprint density at radius 1 is 0.923 bits per heavy atom. The predicted molar refractivity (Wildman–Crippen MR) is 45.6 cm³/mol. The summed E-state index contributed by atoms with van der Waals surface area (Å²) in [5.74, 6) is -1.92. The fourth-order valence-electron chi connectivity index (χ4n) is 0.408. The molecule has 4 nitrogen and oxygen atoms in total. The van der Waals surface area contributed by atoms with Gasteiger partial charge in [0.05, 0.1) is 0 Å². The van der Waals surface area contributed by atoms with Crippen LogP contribution < -0.4 is 10.2 Å². The van der Waals surface area contributed by atoms with Crippen molar-refractivity contribution in [1.82, 2.24) is 0 Å². The quantitative estimate of drug-likeness (QED) is 0.583. The summed E-state index contributed by atoms with van der Waals surface area (Å²) in [7, 11) is 0. The molecule has 0 bridgehead atoms. The van der Waals surface area contributed by atoms with Crippen LogP contribution in [-0.4, -0.2) is 29.0 Å². The summed E-state index contributed by atoms with van der Waals surface area (Å²) >= 11 is 0. The summed E-state index contributed by atoms with van der Waals surface area (Å²) < 4.78 is 0. The minimum Gasteiger partial charge on any atom is -0.550 e. The number of carboxylic acid groups (broad SMARTS) is 2. The van der Waals surface area contributed by atoms with Crippen molar-refractivity contribution >= 4 is 29.0 Å². The van der Waals surface area contributed by atoms with Crippen molar-refractivity contribution < 1.29 is 19.8 Å². The molecular formula is C8H14O4Se. The molecule has 0 aliphatic carbocycles. The normalized spacial score (nSPS) is 7.54. The van der Waals surface area contributed by atoms with Crippen LogP contribution in [0.4, 0.5) is 0 Å². The van der Waals surface area contributed by atoms with Crippen molar-refractivity contribution in [2.24, 2.45) is 0 Å². The van der Waals surface area contributed by atoms with E-state index in [0.29, 0.717) is 12.8 Å². The summed E-state index contributed by atoms with van der Waals surface area (Å²) in [6.45, 7) is 3.60. The van der Waals surface area contributed by atoms with Gasteiger partial charge in [-0.1, -0.05) is 26.7 Å². The van der Waals surface area contributed by atoms with Crippen LogP contribution in [0.2, 0.25) is 0 Å². The first-order valence-corrected chi connectivity index (χ1v) is 3.94. The van der Waals surface area contributed by atoms with Gasteiger partial charge in [0.25, 0.3) is 0 Å². The number of carboxylic acids is 2. The molecule has 5 heteroatoms. The van der Waals surface area contributed by atoms with Crippen molar-refractivity contribution in [2.45, 2.75) is 39.5 Å². The van der Waals surface area contributed by atoms with Gasteiger partial charge in [-0.2, -0.15) is 0 Å². The second kappa shape index (κ2) is 14.0. The largest absolute Gasteiger partial charge is 2.00 e. The average molecular weight is 253 g/mol. The van der Waals surface area contributed by atoms with E-state index in [4.69, 9.17) is 0 Å². The van der Waals surface area contributed by atoms with Crippen molar-refractivity contribution in [3.63, 3.8) is 0 Å². The summed E-state index contributed by atoms with van der Waals surface area (Å²) in [5.41, 5.74) is 0. The molecule has 0 unspecified atom stereocenters. The molecule has 0 amide bonds. The third kappa shape index (κ3) is 34.4. The van der Waals surface area contributed by atoms with Crippen LogP contribution in [0.15, 0.2) is 0 Å². The zero-order chi connectivity index (χ0) is 9.98. The van der Waals surface area contributed by atoms with Gasteiger partial charge in [-0.05, 0) is 12.8 Å². The molecule has 0 atom stereocenters. The van der Waals surface area contributed by atoms with Gasteiger partial charge in [0.1, 0.15) is 0 Å². The monoisotopic (exact) mass is 254 g/mol. The second-order valence-electron chi connectivity index (χ2n) is 2.24. The summed E-state index contributed by atoms with van der Waals surface area (Å²) in [6.07, 6.45) is 1.70. The van der Waals surface area contributed by atoms with Crippen LogP contribution in [0.1, 0.15) is 39.5 Å². The van der Waals surface area contributed by atoms with E-state index in [0.717, 1.165) is 0 Å². The molecule has 0 aromatic heterocycles. The van der Waals surface area contributed by atoms with Crippen molar-refractivity contribution in [3.05, 3.63) is 0 Å². The minimum absolute atomic E-state index is 0. The third-order valence-corrected chi connectivity index (χ3v) is 0.908. The Kier molecular flexibility index (Phi) is 19.7. The van der Waals surface area contributed by atoms with Gasteiger partial charge >= 0.3 is 17.1 Å². The Bertz CT molecular complexity index is 120. The molecule has 0 aliphatic heterocycles. The van der Waals surface area contributed by atoms with E-state index in [1.165, 1.54) is 0 Å². The van der Waals surface area contributed by atoms with Gasteiger partial charge in [0.15, 0.2) is 0 Å². The van der Waals surface area contributed by atoms with E-state index in [2.05, 4.69) is 0 Å². The minimum atomic E-state index is -0.961. The molecule has 0 N–H and O–H groups in total. The molecule has 0 fully saturated rings. The first kappa shape index (κ1) is 18.3. The average Bonchev–Trinajstić information content (AvgIpc) is 1.87. The third-order valence-electron chi connectivity index (χ3n) is 0.908. The Morgan fingerprint density at radius 2 is 1.15 bits per heavy atom. The zero-order valence-electron chi connectivity index (χ0n) is 7.87. The second-order valence-corrected chi connectivity index (χ2v) is 2.24. The van der Waals surface area contributed by atoms with Gasteiger partial charge in [0, 0.05) is 11.9 Å². The van der Waals surface area contributed by atoms with Gasteiger partial charge in [-0.15, -0.1) is 0 Å². The number of hydrogen-bond acceptors (Lipinski definition) is 4. The van der Waals surface area contributed by atoms with Crippen LogP contribution >= 0.6 is 0 Å². The van der Waals surface area contributed by atoms with Gasteiger partial charge < -0.3 is 19.8 Å². The molecule has 0 saturated carbocycles. The van der Waals surface area contributed by atoms with E-state index in [9.17, 15) is 19.8 Å². The first-order chi connectivity index (χ1) is 5.54. The van der Waals surface area contributed by atoms with E-state index in [1.54, 1.807) is 13.8 Å². The van der Waals surface area contributed by atoms with Gasteiger partial charge in [-0.3, -0.25) is 0 Å². The summed E-state index contributed by atoms with van der Waals surface area (Å²) in [5, 5.41) is 19.0. The van der Waals surface area contributed by atoms with Crippen LogP contribution in [0.5, 0.6) is 0 Å². The van der Waals surface area contributed by atoms with Gasteiger partial charge in [0.2, 0.25) is 0 Å². The van der Waals surface area contributed by atoms with Crippen LogP contribution in [-0.2, 0) is 9.59 Å². The molecule has 0 rings (SSSR count). The smallest absolute Gasteiger partial charge is 0.550 e. The molecule has 4 radical (unpaired) electrons. The molecular weight excluding hydrogens is 239 g/mol. The van der Waals surface area contributed by atoms with E-state index in [-0.39, 0.29) is 29.9 Å². The molecule has 0 saturated heterocycles. The first-order valence-electron chi connectivity index (χ1n) is 3.94. The van der Waals surface area contributed by atoms with Gasteiger partial charge in [-0.25, -0.2) is 0 Å². The number of carbonyl (C=O) groups is 2. The maximum absolute atomic E-state index is 9.49. The Morgan fingerprint density at radius 3 is 1.15 bits per heavy atom. The Labute approximate surface area is 88.8 Å². The fraction of sp³-hybridized carbons (Fsp3) is 0.750.